The van der Waals surface area contributed by atoms with Crippen molar-refractivity contribution >= 4 is 23.2 Å². The Bertz CT molecular complexity index is 901. The van der Waals surface area contributed by atoms with Crippen molar-refractivity contribution in [3.63, 3.8) is 0 Å². The Morgan fingerprint density at radius 3 is 2.38 bits per heavy atom. The lowest BCUT2D eigenvalue weighted by atomic mass is 10.2. The first kappa shape index (κ1) is 16.7. The molecule has 2 aromatic carbocycles. The van der Waals surface area contributed by atoms with Gasteiger partial charge < -0.3 is 9.80 Å². The van der Waals surface area contributed by atoms with Gasteiger partial charge in [0, 0.05) is 43.1 Å². The van der Waals surface area contributed by atoms with Crippen LogP contribution in [-0.2, 0) is 0 Å². The van der Waals surface area contributed by atoms with E-state index in [1.807, 2.05) is 59.5 Å². The molecule has 2 heterocycles. The van der Waals surface area contributed by atoms with Crippen molar-refractivity contribution in [1.29, 1.82) is 0 Å². The van der Waals surface area contributed by atoms with Gasteiger partial charge >= 0.3 is 0 Å². The zero-order chi connectivity index (χ0) is 17.9. The molecule has 26 heavy (non-hydrogen) atoms. The second-order valence-electron chi connectivity index (χ2n) is 6.27. The van der Waals surface area contributed by atoms with Gasteiger partial charge in [-0.15, -0.1) is 0 Å². The number of benzene rings is 2. The van der Waals surface area contributed by atoms with E-state index in [-0.39, 0.29) is 5.91 Å². The van der Waals surface area contributed by atoms with Crippen molar-refractivity contribution in [3.05, 3.63) is 77.6 Å². The molecule has 1 amide bonds. The molecule has 0 aliphatic carbocycles. The predicted octanol–water partition coefficient (Wildman–Crippen LogP) is 3.49. The Kier molecular flexibility index (Phi) is 4.63. The maximum atomic E-state index is 12.8. The Balaban J connectivity index is 1.42. The smallest absolute Gasteiger partial charge is 0.257 e. The Morgan fingerprint density at radius 1 is 0.923 bits per heavy atom. The highest BCUT2D eigenvalue weighted by atomic mass is 35.5. The normalized spacial score (nSPS) is 14.5. The Hall–Kier alpha value is -2.79. The van der Waals surface area contributed by atoms with Crippen LogP contribution in [0.5, 0.6) is 0 Å². The molecule has 4 rings (SSSR count). The third-order valence-corrected chi connectivity index (χ3v) is 4.83. The van der Waals surface area contributed by atoms with Gasteiger partial charge in [0.15, 0.2) is 0 Å². The molecule has 0 saturated carbocycles. The van der Waals surface area contributed by atoms with Gasteiger partial charge in [-0.2, -0.15) is 5.10 Å². The first-order valence-electron chi connectivity index (χ1n) is 8.60. The molecule has 0 N–H and O–H groups in total. The quantitative estimate of drug-likeness (QED) is 0.712. The van der Waals surface area contributed by atoms with E-state index in [0.29, 0.717) is 18.7 Å². The fraction of sp³-hybridized carbons (Fsp3) is 0.200. The van der Waals surface area contributed by atoms with E-state index in [2.05, 4.69) is 10.00 Å². The molecule has 0 radical (unpaired) electrons. The van der Waals surface area contributed by atoms with Crippen LogP contribution in [-0.4, -0.2) is 46.8 Å². The molecule has 6 heteroatoms. The topological polar surface area (TPSA) is 41.4 Å². The van der Waals surface area contributed by atoms with Gasteiger partial charge in [0.1, 0.15) is 0 Å². The number of hydrogen-bond acceptors (Lipinski definition) is 3. The Labute approximate surface area is 157 Å². The van der Waals surface area contributed by atoms with Gasteiger partial charge in [-0.05, 0) is 30.3 Å². The van der Waals surface area contributed by atoms with E-state index in [0.717, 1.165) is 29.5 Å². The van der Waals surface area contributed by atoms with Crippen molar-refractivity contribution in [2.45, 2.75) is 0 Å². The molecule has 1 saturated heterocycles. The fourth-order valence-corrected chi connectivity index (χ4v) is 3.36. The highest BCUT2D eigenvalue weighted by Gasteiger charge is 2.23. The number of amides is 1. The number of carbonyl (C=O) groups excluding carboxylic acids is 1. The molecule has 1 aromatic heterocycles. The van der Waals surface area contributed by atoms with Gasteiger partial charge in [0.05, 0.1) is 17.4 Å². The number of nitrogens with zero attached hydrogens (tertiary/aromatic N) is 4. The van der Waals surface area contributed by atoms with E-state index >= 15 is 0 Å². The van der Waals surface area contributed by atoms with Crippen LogP contribution in [0.1, 0.15) is 10.4 Å². The molecule has 0 unspecified atom stereocenters. The highest BCUT2D eigenvalue weighted by molar-refractivity contribution is 6.30. The average Bonchev–Trinajstić information content (AvgIpc) is 3.18. The van der Waals surface area contributed by atoms with Gasteiger partial charge in [-0.3, -0.25) is 4.79 Å². The third kappa shape index (κ3) is 3.44. The third-order valence-electron chi connectivity index (χ3n) is 4.59. The van der Waals surface area contributed by atoms with Gasteiger partial charge in [0.2, 0.25) is 0 Å². The highest BCUT2D eigenvalue weighted by Crippen LogP contribution is 2.21. The summed E-state index contributed by atoms with van der Waals surface area (Å²) in [4.78, 5) is 16.9. The summed E-state index contributed by atoms with van der Waals surface area (Å²) in [6.45, 7) is 2.95. The molecule has 1 aliphatic rings. The number of anilines is 1. The lowest BCUT2D eigenvalue weighted by molar-refractivity contribution is 0.0747. The number of rotatable bonds is 3. The summed E-state index contributed by atoms with van der Waals surface area (Å²) in [6.07, 6.45) is 3.43. The van der Waals surface area contributed by atoms with Crippen molar-refractivity contribution in [2.24, 2.45) is 0 Å². The monoisotopic (exact) mass is 366 g/mol. The van der Waals surface area contributed by atoms with Crippen LogP contribution in [0.4, 0.5) is 5.69 Å². The van der Waals surface area contributed by atoms with Crippen LogP contribution in [0.25, 0.3) is 5.69 Å². The Morgan fingerprint density at radius 2 is 1.65 bits per heavy atom. The van der Waals surface area contributed by atoms with Crippen LogP contribution < -0.4 is 4.90 Å². The lowest BCUT2D eigenvalue weighted by Gasteiger charge is -2.36. The molecular formula is C20H19ClN4O. The summed E-state index contributed by atoms with van der Waals surface area (Å²) in [7, 11) is 0. The lowest BCUT2D eigenvalue weighted by Crippen LogP contribution is -2.48. The maximum Gasteiger partial charge on any atom is 0.257 e. The van der Waals surface area contributed by atoms with Crippen LogP contribution in [0.3, 0.4) is 0 Å². The zero-order valence-electron chi connectivity index (χ0n) is 14.3. The van der Waals surface area contributed by atoms with Crippen molar-refractivity contribution < 1.29 is 4.79 Å². The minimum Gasteiger partial charge on any atom is -0.368 e. The summed E-state index contributed by atoms with van der Waals surface area (Å²) in [5.74, 6) is 0.0259. The molecular weight excluding hydrogens is 348 g/mol. The summed E-state index contributed by atoms with van der Waals surface area (Å²) >= 11 is 6.08. The second-order valence-corrected chi connectivity index (χ2v) is 6.70. The van der Waals surface area contributed by atoms with Crippen molar-refractivity contribution in [2.75, 3.05) is 31.1 Å². The summed E-state index contributed by atoms with van der Waals surface area (Å²) in [6, 6.07) is 17.6. The maximum absolute atomic E-state index is 12.8. The molecule has 1 aliphatic heterocycles. The van der Waals surface area contributed by atoms with Crippen LogP contribution in [0.2, 0.25) is 5.02 Å². The van der Waals surface area contributed by atoms with Crippen LogP contribution in [0.15, 0.2) is 67.0 Å². The van der Waals surface area contributed by atoms with Gasteiger partial charge in [0.25, 0.3) is 5.91 Å². The fourth-order valence-electron chi connectivity index (χ4n) is 3.18. The molecule has 1 fully saturated rings. The first-order chi connectivity index (χ1) is 12.7. The summed E-state index contributed by atoms with van der Waals surface area (Å²) in [5, 5.41) is 5.05. The standard InChI is InChI=1S/C20H19ClN4O/c21-17-5-4-8-19(13-17)23-9-11-24(12-10-23)20(26)16-14-22-25(15-16)18-6-2-1-3-7-18/h1-8,13-15H,9-12H2. The number of piperazine rings is 1. The largest absolute Gasteiger partial charge is 0.368 e. The van der Waals surface area contributed by atoms with E-state index in [4.69, 9.17) is 11.6 Å². The van der Waals surface area contributed by atoms with Gasteiger partial charge in [-0.1, -0.05) is 35.9 Å². The van der Waals surface area contributed by atoms with E-state index < -0.39 is 0 Å². The van der Waals surface area contributed by atoms with Gasteiger partial charge in [-0.25, -0.2) is 4.68 Å². The number of para-hydroxylation sites is 1. The van der Waals surface area contributed by atoms with Crippen LogP contribution >= 0.6 is 11.6 Å². The first-order valence-corrected chi connectivity index (χ1v) is 8.98. The summed E-state index contributed by atoms with van der Waals surface area (Å²) in [5.41, 5.74) is 2.66. The number of aromatic nitrogens is 2. The second kappa shape index (κ2) is 7.22. The zero-order valence-corrected chi connectivity index (χ0v) is 15.0. The minimum absolute atomic E-state index is 0.0259. The average molecular weight is 367 g/mol. The minimum atomic E-state index is 0.0259. The molecule has 132 valence electrons. The number of carbonyl (C=O) groups is 1. The van der Waals surface area contributed by atoms with E-state index in [9.17, 15) is 4.79 Å². The molecule has 5 nitrogen and oxygen atoms in total. The van der Waals surface area contributed by atoms with E-state index in [1.54, 1.807) is 17.1 Å². The van der Waals surface area contributed by atoms with Crippen molar-refractivity contribution in [3.8, 4) is 5.69 Å². The number of hydrogen-bond donors (Lipinski definition) is 0. The number of halogens is 1. The van der Waals surface area contributed by atoms with Crippen molar-refractivity contribution in [1.82, 2.24) is 14.7 Å². The molecule has 0 atom stereocenters. The van der Waals surface area contributed by atoms with E-state index in [1.165, 1.54) is 0 Å². The molecule has 0 bridgehead atoms. The SMILES string of the molecule is O=C(c1cnn(-c2ccccc2)c1)N1CCN(c2cccc(Cl)c2)CC1. The summed E-state index contributed by atoms with van der Waals surface area (Å²) < 4.78 is 1.73. The predicted molar refractivity (Wildman–Crippen MR) is 103 cm³/mol. The van der Waals surface area contributed by atoms with Crippen LogP contribution in [0, 0.1) is 0 Å². The molecule has 0 spiro atoms. The molecule has 3 aromatic rings.